The van der Waals surface area contributed by atoms with E-state index in [0.717, 1.165) is 28.0 Å². The van der Waals surface area contributed by atoms with Gasteiger partial charge in [-0.3, -0.25) is 0 Å². The molecule has 0 saturated carbocycles. The Kier molecular flexibility index (Phi) is 5.01. The second-order valence-electron chi connectivity index (χ2n) is 4.32. The van der Waals surface area contributed by atoms with E-state index in [4.69, 9.17) is 22.1 Å². The lowest BCUT2D eigenvalue weighted by Crippen LogP contribution is -2.04. The van der Waals surface area contributed by atoms with Gasteiger partial charge in [0.2, 0.25) is 0 Å². The standard InChI is InChI=1S/C13H18ClNOS/c14-12-9-10(15)5-6-13(12)17-8-2-4-11-3-1-7-16-11/h5-6,9,11H,1-4,7-8,15H2. The van der Waals surface area contributed by atoms with Gasteiger partial charge >= 0.3 is 0 Å². The summed E-state index contributed by atoms with van der Waals surface area (Å²) in [6.07, 6.45) is 5.29. The van der Waals surface area contributed by atoms with Gasteiger partial charge in [-0.25, -0.2) is 0 Å². The lowest BCUT2D eigenvalue weighted by Gasteiger charge is -2.09. The fourth-order valence-corrected chi connectivity index (χ4v) is 3.24. The fraction of sp³-hybridized carbons (Fsp3) is 0.538. The van der Waals surface area contributed by atoms with Crippen molar-refractivity contribution in [2.75, 3.05) is 18.1 Å². The van der Waals surface area contributed by atoms with E-state index >= 15 is 0 Å². The van der Waals surface area contributed by atoms with Gasteiger partial charge in [0.1, 0.15) is 0 Å². The van der Waals surface area contributed by atoms with E-state index in [9.17, 15) is 0 Å². The largest absolute Gasteiger partial charge is 0.399 e. The summed E-state index contributed by atoms with van der Waals surface area (Å²) < 4.78 is 5.59. The number of hydrogen-bond acceptors (Lipinski definition) is 3. The van der Waals surface area contributed by atoms with Crippen LogP contribution in [0.4, 0.5) is 5.69 Å². The summed E-state index contributed by atoms with van der Waals surface area (Å²) in [7, 11) is 0. The number of nitrogen functional groups attached to an aromatic ring is 1. The topological polar surface area (TPSA) is 35.2 Å². The van der Waals surface area contributed by atoms with Crippen LogP contribution in [-0.4, -0.2) is 18.5 Å². The van der Waals surface area contributed by atoms with Crippen molar-refractivity contribution < 1.29 is 4.74 Å². The van der Waals surface area contributed by atoms with Crippen molar-refractivity contribution in [3.8, 4) is 0 Å². The van der Waals surface area contributed by atoms with Gasteiger partial charge in [-0.15, -0.1) is 11.8 Å². The molecule has 1 heterocycles. The van der Waals surface area contributed by atoms with Crippen LogP contribution in [0.1, 0.15) is 25.7 Å². The minimum atomic E-state index is 0.498. The molecule has 94 valence electrons. The molecule has 1 aliphatic rings. The van der Waals surface area contributed by atoms with Crippen LogP contribution in [0.5, 0.6) is 0 Å². The van der Waals surface area contributed by atoms with Crippen molar-refractivity contribution in [2.45, 2.75) is 36.7 Å². The Morgan fingerprint density at radius 1 is 1.47 bits per heavy atom. The molecular weight excluding hydrogens is 254 g/mol. The quantitative estimate of drug-likeness (QED) is 0.500. The Morgan fingerprint density at radius 2 is 2.35 bits per heavy atom. The maximum atomic E-state index is 6.11. The van der Waals surface area contributed by atoms with Gasteiger partial charge in [0, 0.05) is 17.2 Å². The van der Waals surface area contributed by atoms with Crippen LogP contribution >= 0.6 is 23.4 Å². The van der Waals surface area contributed by atoms with E-state index in [2.05, 4.69) is 0 Å². The Balaban J connectivity index is 1.70. The van der Waals surface area contributed by atoms with Gasteiger partial charge in [0.15, 0.2) is 0 Å². The smallest absolute Gasteiger partial charge is 0.0576 e. The van der Waals surface area contributed by atoms with Gasteiger partial charge in [0.25, 0.3) is 0 Å². The van der Waals surface area contributed by atoms with Crippen LogP contribution in [0, 0.1) is 0 Å². The van der Waals surface area contributed by atoms with Crippen molar-refractivity contribution in [2.24, 2.45) is 0 Å². The van der Waals surface area contributed by atoms with Crippen LogP contribution in [-0.2, 0) is 4.74 Å². The molecule has 2 nitrogen and oxygen atoms in total. The molecule has 0 radical (unpaired) electrons. The summed E-state index contributed by atoms with van der Waals surface area (Å²) in [6.45, 7) is 0.946. The average Bonchev–Trinajstić information content (AvgIpc) is 2.79. The molecule has 4 heteroatoms. The molecule has 0 amide bonds. The number of thioether (sulfide) groups is 1. The summed E-state index contributed by atoms with van der Waals surface area (Å²) >= 11 is 7.91. The molecule has 1 fully saturated rings. The zero-order valence-corrected chi connectivity index (χ0v) is 11.4. The zero-order valence-electron chi connectivity index (χ0n) is 9.82. The Hall–Kier alpha value is -0.380. The third-order valence-corrected chi connectivity index (χ3v) is 4.49. The van der Waals surface area contributed by atoms with E-state index < -0.39 is 0 Å². The monoisotopic (exact) mass is 271 g/mol. The van der Waals surface area contributed by atoms with Crippen molar-refractivity contribution in [3.05, 3.63) is 23.2 Å². The molecule has 2 N–H and O–H groups in total. The predicted octanol–water partition coefficient (Wildman–Crippen LogP) is 3.97. The van der Waals surface area contributed by atoms with Gasteiger partial charge in [0.05, 0.1) is 11.1 Å². The average molecular weight is 272 g/mol. The molecule has 1 aromatic rings. The first-order valence-electron chi connectivity index (χ1n) is 6.05. The molecule has 2 rings (SSSR count). The molecule has 0 bridgehead atoms. The number of benzene rings is 1. The number of halogens is 1. The third kappa shape index (κ3) is 4.09. The first-order chi connectivity index (χ1) is 8.25. The molecule has 17 heavy (non-hydrogen) atoms. The highest BCUT2D eigenvalue weighted by Crippen LogP contribution is 2.30. The molecule has 1 aromatic carbocycles. The van der Waals surface area contributed by atoms with Crippen molar-refractivity contribution >= 4 is 29.1 Å². The van der Waals surface area contributed by atoms with Crippen LogP contribution in [0.2, 0.25) is 5.02 Å². The lowest BCUT2D eigenvalue weighted by atomic mass is 10.1. The Morgan fingerprint density at radius 3 is 3.06 bits per heavy atom. The summed E-state index contributed by atoms with van der Waals surface area (Å²) in [4.78, 5) is 1.12. The molecule has 1 aliphatic heterocycles. The van der Waals surface area contributed by atoms with Crippen LogP contribution in [0.25, 0.3) is 0 Å². The maximum Gasteiger partial charge on any atom is 0.0576 e. The van der Waals surface area contributed by atoms with Crippen LogP contribution in [0.3, 0.4) is 0 Å². The normalized spacial score (nSPS) is 19.7. The first-order valence-corrected chi connectivity index (χ1v) is 7.41. The molecule has 0 aliphatic carbocycles. The summed E-state index contributed by atoms with van der Waals surface area (Å²) in [5, 5.41) is 0.757. The minimum absolute atomic E-state index is 0.498. The van der Waals surface area contributed by atoms with E-state index in [1.165, 1.54) is 25.7 Å². The summed E-state index contributed by atoms with van der Waals surface area (Å²) in [5.74, 6) is 1.09. The van der Waals surface area contributed by atoms with Crippen LogP contribution < -0.4 is 5.73 Å². The minimum Gasteiger partial charge on any atom is -0.399 e. The Labute approximate surface area is 112 Å². The fourth-order valence-electron chi connectivity index (χ4n) is 2.00. The van der Waals surface area contributed by atoms with Gasteiger partial charge < -0.3 is 10.5 Å². The van der Waals surface area contributed by atoms with Gasteiger partial charge in [-0.1, -0.05) is 11.6 Å². The first kappa shape index (κ1) is 13.1. The van der Waals surface area contributed by atoms with Crippen molar-refractivity contribution in [1.82, 2.24) is 0 Å². The van der Waals surface area contributed by atoms with E-state index in [0.29, 0.717) is 6.10 Å². The molecule has 1 saturated heterocycles. The van der Waals surface area contributed by atoms with Crippen molar-refractivity contribution in [1.29, 1.82) is 0 Å². The maximum absolute atomic E-state index is 6.11. The summed E-state index contributed by atoms with van der Waals surface area (Å²) in [6, 6.07) is 5.70. The zero-order chi connectivity index (χ0) is 12.1. The summed E-state index contributed by atoms with van der Waals surface area (Å²) in [5.41, 5.74) is 6.38. The van der Waals surface area contributed by atoms with E-state index in [-0.39, 0.29) is 0 Å². The third-order valence-electron chi connectivity index (χ3n) is 2.91. The number of rotatable bonds is 5. The predicted molar refractivity (Wildman–Crippen MR) is 74.8 cm³/mol. The SMILES string of the molecule is Nc1ccc(SCCCC2CCCO2)c(Cl)c1. The highest BCUT2D eigenvalue weighted by atomic mass is 35.5. The number of hydrogen-bond donors (Lipinski definition) is 1. The Bertz CT molecular complexity index is 366. The lowest BCUT2D eigenvalue weighted by molar-refractivity contribution is 0.104. The van der Waals surface area contributed by atoms with E-state index in [1.54, 1.807) is 11.8 Å². The molecule has 1 unspecified atom stereocenters. The van der Waals surface area contributed by atoms with E-state index in [1.807, 2.05) is 18.2 Å². The molecule has 0 aromatic heterocycles. The van der Waals surface area contributed by atoms with Crippen LogP contribution in [0.15, 0.2) is 23.1 Å². The highest BCUT2D eigenvalue weighted by molar-refractivity contribution is 7.99. The number of anilines is 1. The van der Waals surface area contributed by atoms with Gasteiger partial charge in [-0.2, -0.15) is 0 Å². The second-order valence-corrected chi connectivity index (χ2v) is 5.86. The van der Waals surface area contributed by atoms with Crippen molar-refractivity contribution in [3.63, 3.8) is 0 Å². The highest BCUT2D eigenvalue weighted by Gasteiger charge is 2.14. The number of ether oxygens (including phenoxy) is 1. The molecular formula is C13H18ClNOS. The number of nitrogens with two attached hydrogens (primary N) is 1. The van der Waals surface area contributed by atoms with Gasteiger partial charge in [-0.05, 0) is 49.6 Å². The molecule has 1 atom stereocenters. The second kappa shape index (κ2) is 6.53. The molecule has 0 spiro atoms.